The van der Waals surface area contributed by atoms with Crippen LogP contribution in [0.2, 0.25) is 0 Å². The summed E-state index contributed by atoms with van der Waals surface area (Å²) in [6.07, 6.45) is 0. The van der Waals surface area contributed by atoms with Gasteiger partial charge in [0.25, 0.3) is 0 Å². The summed E-state index contributed by atoms with van der Waals surface area (Å²) in [4.78, 5) is 11.6. The van der Waals surface area contributed by atoms with E-state index in [0.717, 1.165) is 13.1 Å². The molecule has 0 aromatic carbocycles. The van der Waals surface area contributed by atoms with Crippen LogP contribution in [-0.4, -0.2) is 71.3 Å². The molecule has 0 spiro atoms. The van der Waals surface area contributed by atoms with Crippen molar-refractivity contribution in [3.8, 4) is 0 Å². The largest absolute Gasteiger partial charge is 0.324 e. The summed E-state index contributed by atoms with van der Waals surface area (Å²) >= 11 is 0. The highest BCUT2D eigenvalue weighted by Gasteiger charge is 2.36. The molecule has 0 atom stereocenters. The topological polar surface area (TPSA) is 48.6 Å². The molecule has 3 rings (SSSR count). The van der Waals surface area contributed by atoms with E-state index in [4.69, 9.17) is 4.52 Å². The van der Waals surface area contributed by atoms with Crippen molar-refractivity contribution in [3.63, 3.8) is 0 Å². The summed E-state index contributed by atoms with van der Waals surface area (Å²) < 4.78 is 5.19. The summed E-state index contributed by atoms with van der Waals surface area (Å²) in [5, 5.41) is 3.84. The quantitative estimate of drug-likeness (QED) is 0.797. The maximum atomic E-state index is 5.19. The zero-order valence-corrected chi connectivity index (χ0v) is 12.0. The Morgan fingerprint density at radius 2 is 1.84 bits per heavy atom. The number of aryl methyl sites for hydroxylation is 1. The Bertz CT molecular complexity index is 418. The Morgan fingerprint density at radius 3 is 2.37 bits per heavy atom. The Kier molecular flexibility index (Phi) is 3.45. The second-order valence-electron chi connectivity index (χ2n) is 5.85. The molecule has 2 aliphatic heterocycles. The van der Waals surface area contributed by atoms with Crippen LogP contribution in [0.1, 0.15) is 19.7 Å². The zero-order valence-electron chi connectivity index (χ0n) is 12.0. The predicted octanol–water partition coefficient (Wildman–Crippen LogP) is 0.593. The van der Waals surface area contributed by atoms with E-state index in [1.165, 1.54) is 26.2 Å². The van der Waals surface area contributed by atoms with Crippen molar-refractivity contribution in [1.82, 2.24) is 19.9 Å². The fraction of sp³-hybridized carbons (Fsp3) is 0.846. The Hall–Kier alpha value is -1.14. The Morgan fingerprint density at radius 1 is 1.16 bits per heavy atom. The van der Waals surface area contributed by atoms with Gasteiger partial charge in [0.1, 0.15) is 0 Å². The number of hydrogen-bond acceptors (Lipinski definition) is 6. The lowest BCUT2D eigenvalue weighted by Gasteiger charge is -2.47. The van der Waals surface area contributed by atoms with Gasteiger partial charge in [-0.2, -0.15) is 4.98 Å². The minimum Gasteiger partial charge on any atom is -0.321 e. The summed E-state index contributed by atoms with van der Waals surface area (Å²) in [5.41, 5.74) is 0. The van der Waals surface area contributed by atoms with E-state index < -0.39 is 0 Å². The molecule has 1 aromatic heterocycles. The van der Waals surface area contributed by atoms with Crippen LogP contribution in [-0.2, 0) is 0 Å². The number of rotatable bonds is 3. The van der Waals surface area contributed by atoms with Gasteiger partial charge in [0.2, 0.25) is 0 Å². The van der Waals surface area contributed by atoms with Crippen molar-refractivity contribution in [2.45, 2.75) is 32.9 Å². The molecule has 2 fully saturated rings. The molecule has 0 radical (unpaired) electrons. The maximum Gasteiger partial charge on any atom is 0.324 e. The zero-order chi connectivity index (χ0) is 13.4. The lowest BCUT2D eigenvalue weighted by molar-refractivity contribution is 0.0662. The van der Waals surface area contributed by atoms with Crippen molar-refractivity contribution >= 4 is 6.01 Å². The van der Waals surface area contributed by atoms with E-state index in [-0.39, 0.29) is 0 Å². The SMILES string of the molecule is Cc1noc(N2CC(N3CCN(C(C)C)CC3)C2)n1. The number of aromatic nitrogens is 2. The van der Waals surface area contributed by atoms with Gasteiger partial charge in [-0.05, 0) is 20.8 Å². The monoisotopic (exact) mass is 265 g/mol. The molecule has 0 N–H and O–H groups in total. The third-order valence-corrected chi connectivity index (χ3v) is 4.25. The fourth-order valence-corrected chi connectivity index (χ4v) is 2.88. The van der Waals surface area contributed by atoms with Crippen molar-refractivity contribution in [3.05, 3.63) is 5.82 Å². The maximum absolute atomic E-state index is 5.19. The number of piperazine rings is 1. The van der Waals surface area contributed by atoms with Crippen LogP contribution in [0.3, 0.4) is 0 Å². The van der Waals surface area contributed by atoms with Crippen molar-refractivity contribution in [2.75, 3.05) is 44.2 Å². The molecule has 0 saturated carbocycles. The summed E-state index contributed by atoms with van der Waals surface area (Å²) in [6.45, 7) is 13.2. The number of anilines is 1. The average Bonchev–Trinajstić information content (AvgIpc) is 2.74. The lowest BCUT2D eigenvalue weighted by Crippen LogP contribution is -2.63. The lowest BCUT2D eigenvalue weighted by atomic mass is 10.1. The van der Waals surface area contributed by atoms with Crippen LogP contribution >= 0.6 is 0 Å². The van der Waals surface area contributed by atoms with Gasteiger partial charge >= 0.3 is 6.01 Å². The molecular formula is C13H23N5O. The highest BCUT2D eigenvalue weighted by atomic mass is 16.5. The Labute approximate surface area is 114 Å². The first-order valence-electron chi connectivity index (χ1n) is 7.17. The molecule has 19 heavy (non-hydrogen) atoms. The van der Waals surface area contributed by atoms with Gasteiger partial charge in [-0.3, -0.25) is 9.80 Å². The average molecular weight is 265 g/mol. The highest BCUT2D eigenvalue weighted by molar-refractivity contribution is 5.31. The molecule has 106 valence electrons. The van der Waals surface area contributed by atoms with Crippen LogP contribution in [0, 0.1) is 6.92 Å². The minimum atomic E-state index is 0.654. The van der Waals surface area contributed by atoms with Crippen LogP contribution in [0.15, 0.2) is 4.52 Å². The van der Waals surface area contributed by atoms with Crippen LogP contribution in [0.5, 0.6) is 0 Å². The minimum absolute atomic E-state index is 0.654. The molecule has 0 bridgehead atoms. The van der Waals surface area contributed by atoms with Gasteiger partial charge in [0.15, 0.2) is 5.82 Å². The van der Waals surface area contributed by atoms with Crippen LogP contribution < -0.4 is 4.90 Å². The number of nitrogens with zero attached hydrogens (tertiary/aromatic N) is 5. The summed E-state index contributed by atoms with van der Waals surface area (Å²) in [5.74, 6) is 0.712. The molecular weight excluding hydrogens is 242 g/mol. The molecule has 0 amide bonds. The van der Waals surface area contributed by atoms with E-state index in [1.807, 2.05) is 6.92 Å². The second-order valence-corrected chi connectivity index (χ2v) is 5.85. The molecule has 1 aromatic rings. The molecule has 0 aliphatic carbocycles. The van der Waals surface area contributed by atoms with Gasteiger partial charge in [-0.15, -0.1) is 0 Å². The normalized spacial score (nSPS) is 23.1. The Balaban J connectivity index is 1.47. The van der Waals surface area contributed by atoms with Gasteiger partial charge in [-0.1, -0.05) is 5.16 Å². The van der Waals surface area contributed by atoms with Gasteiger partial charge in [0, 0.05) is 51.4 Å². The van der Waals surface area contributed by atoms with Crippen molar-refractivity contribution in [2.24, 2.45) is 0 Å². The van der Waals surface area contributed by atoms with Crippen molar-refractivity contribution in [1.29, 1.82) is 0 Å². The van der Waals surface area contributed by atoms with E-state index in [1.54, 1.807) is 0 Å². The van der Waals surface area contributed by atoms with Crippen molar-refractivity contribution < 1.29 is 4.52 Å². The summed E-state index contributed by atoms with van der Waals surface area (Å²) in [7, 11) is 0. The summed E-state index contributed by atoms with van der Waals surface area (Å²) in [6, 6.07) is 2.00. The molecule has 3 heterocycles. The van der Waals surface area contributed by atoms with E-state index >= 15 is 0 Å². The first-order chi connectivity index (χ1) is 9.13. The van der Waals surface area contributed by atoms with Gasteiger partial charge in [-0.25, -0.2) is 0 Å². The second kappa shape index (κ2) is 5.09. The first-order valence-corrected chi connectivity index (χ1v) is 7.17. The molecule has 6 nitrogen and oxygen atoms in total. The highest BCUT2D eigenvalue weighted by Crippen LogP contribution is 2.23. The number of hydrogen-bond donors (Lipinski definition) is 0. The van der Waals surface area contributed by atoms with Crippen LogP contribution in [0.4, 0.5) is 6.01 Å². The van der Waals surface area contributed by atoms with E-state index in [9.17, 15) is 0 Å². The molecule has 2 saturated heterocycles. The smallest absolute Gasteiger partial charge is 0.321 e. The van der Waals surface area contributed by atoms with Gasteiger partial charge < -0.3 is 9.42 Å². The fourth-order valence-electron chi connectivity index (χ4n) is 2.88. The van der Waals surface area contributed by atoms with E-state index in [0.29, 0.717) is 23.9 Å². The van der Waals surface area contributed by atoms with Crippen LogP contribution in [0.25, 0.3) is 0 Å². The van der Waals surface area contributed by atoms with Gasteiger partial charge in [0.05, 0.1) is 0 Å². The third kappa shape index (κ3) is 2.60. The molecule has 2 aliphatic rings. The standard InChI is InChI=1S/C13H23N5O/c1-10(2)16-4-6-17(7-5-16)12-8-18(9-12)13-14-11(3)15-19-13/h10,12H,4-9H2,1-3H3. The third-order valence-electron chi connectivity index (χ3n) is 4.25. The predicted molar refractivity (Wildman–Crippen MR) is 73.3 cm³/mol. The molecule has 0 unspecified atom stereocenters. The first kappa shape index (κ1) is 12.9. The van der Waals surface area contributed by atoms with E-state index in [2.05, 4.69) is 38.7 Å². The molecule has 6 heteroatoms.